The van der Waals surface area contributed by atoms with Gasteiger partial charge >= 0.3 is 6.18 Å². The van der Waals surface area contributed by atoms with E-state index in [1.54, 1.807) is 0 Å². The number of rotatable bonds is 9. The second-order valence-electron chi connectivity index (χ2n) is 4.74. The van der Waals surface area contributed by atoms with Crippen LogP contribution in [0.4, 0.5) is 13.2 Å². The highest BCUT2D eigenvalue weighted by atomic mass is 32.1. The first-order chi connectivity index (χ1) is 9.44. The normalized spacial score (nSPS) is 12.3. The van der Waals surface area contributed by atoms with Crippen LogP contribution in [0, 0.1) is 0 Å². The molecule has 0 amide bonds. The third kappa shape index (κ3) is 7.21. The van der Waals surface area contributed by atoms with Gasteiger partial charge in [0.25, 0.3) is 0 Å². The van der Waals surface area contributed by atoms with Gasteiger partial charge in [-0.2, -0.15) is 13.2 Å². The Labute approximate surface area is 122 Å². The first kappa shape index (κ1) is 17.4. The number of aromatic nitrogens is 1. The van der Waals surface area contributed by atoms with E-state index >= 15 is 0 Å². The molecule has 0 aromatic carbocycles. The van der Waals surface area contributed by atoms with Crippen molar-refractivity contribution >= 4 is 11.3 Å². The molecular formula is C13H22F3N3S. The van der Waals surface area contributed by atoms with Crippen LogP contribution in [0.1, 0.15) is 37.4 Å². The fourth-order valence-electron chi connectivity index (χ4n) is 1.89. The summed E-state index contributed by atoms with van der Waals surface area (Å²) in [4.78, 5) is 5.78. The molecule has 1 aromatic heterocycles. The molecular weight excluding hydrogens is 287 g/mol. The highest BCUT2D eigenvalue weighted by Crippen LogP contribution is 2.19. The van der Waals surface area contributed by atoms with E-state index in [0.29, 0.717) is 19.5 Å². The maximum Gasteiger partial charge on any atom is 0.401 e. The molecule has 0 aliphatic carbocycles. The number of nitrogens with one attached hydrogen (secondary N) is 1. The van der Waals surface area contributed by atoms with Crippen LogP contribution in [0.3, 0.4) is 0 Å². The monoisotopic (exact) mass is 309 g/mol. The molecule has 0 radical (unpaired) electrons. The van der Waals surface area contributed by atoms with Crippen LogP contribution in [-0.4, -0.2) is 35.7 Å². The van der Waals surface area contributed by atoms with Crippen LogP contribution in [-0.2, 0) is 13.1 Å². The topological polar surface area (TPSA) is 28.2 Å². The maximum atomic E-state index is 12.5. The molecule has 0 bridgehead atoms. The zero-order chi connectivity index (χ0) is 15.0. The minimum absolute atomic E-state index is 0.262. The highest BCUT2D eigenvalue weighted by Gasteiger charge is 2.30. The van der Waals surface area contributed by atoms with Gasteiger partial charge in [0, 0.05) is 18.5 Å². The molecule has 0 saturated heterocycles. The van der Waals surface area contributed by atoms with Crippen molar-refractivity contribution in [3.8, 4) is 0 Å². The molecule has 20 heavy (non-hydrogen) atoms. The molecule has 0 saturated carbocycles. The number of hydrogen-bond donors (Lipinski definition) is 1. The van der Waals surface area contributed by atoms with Crippen LogP contribution in [0.2, 0.25) is 0 Å². The Hall–Kier alpha value is -0.660. The van der Waals surface area contributed by atoms with Gasteiger partial charge < -0.3 is 5.32 Å². The first-order valence-electron chi connectivity index (χ1n) is 6.87. The van der Waals surface area contributed by atoms with Gasteiger partial charge in [-0.05, 0) is 25.9 Å². The quantitative estimate of drug-likeness (QED) is 0.709. The van der Waals surface area contributed by atoms with Gasteiger partial charge in [0.1, 0.15) is 5.01 Å². The summed E-state index contributed by atoms with van der Waals surface area (Å²) in [5, 5.41) is 6.01. The van der Waals surface area contributed by atoms with Crippen molar-refractivity contribution in [3.63, 3.8) is 0 Å². The largest absolute Gasteiger partial charge is 0.401 e. The van der Waals surface area contributed by atoms with Gasteiger partial charge in [0.2, 0.25) is 0 Å². The van der Waals surface area contributed by atoms with Crippen molar-refractivity contribution in [2.45, 2.75) is 46.0 Å². The van der Waals surface area contributed by atoms with Crippen LogP contribution in [0.5, 0.6) is 0 Å². The Morgan fingerprint density at radius 2 is 2.05 bits per heavy atom. The Kier molecular flexibility index (Phi) is 7.47. The van der Waals surface area contributed by atoms with E-state index in [-0.39, 0.29) is 6.54 Å². The summed E-state index contributed by atoms with van der Waals surface area (Å²) in [6.07, 6.45) is -2.41. The number of nitrogens with zero attached hydrogens (tertiary/aromatic N) is 2. The summed E-state index contributed by atoms with van der Waals surface area (Å²) in [7, 11) is 0. The van der Waals surface area contributed by atoms with Crippen LogP contribution in [0.15, 0.2) is 5.38 Å². The van der Waals surface area contributed by atoms with E-state index in [4.69, 9.17) is 0 Å². The lowest BCUT2D eigenvalue weighted by atomic mass is 10.3. The second kappa shape index (κ2) is 8.59. The van der Waals surface area contributed by atoms with E-state index in [9.17, 15) is 13.2 Å². The minimum Gasteiger partial charge on any atom is -0.310 e. The smallest absolute Gasteiger partial charge is 0.310 e. The van der Waals surface area contributed by atoms with Gasteiger partial charge in [-0.25, -0.2) is 4.98 Å². The minimum atomic E-state index is -4.16. The molecule has 0 fully saturated rings. The highest BCUT2D eigenvalue weighted by molar-refractivity contribution is 7.09. The molecule has 1 rings (SSSR count). The molecule has 0 aliphatic rings. The van der Waals surface area contributed by atoms with Crippen molar-refractivity contribution in [1.29, 1.82) is 0 Å². The third-order valence-corrected chi connectivity index (χ3v) is 3.53. The second-order valence-corrected chi connectivity index (χ2v) is 5.68. The van der Waals surface area contributed by atoms with Gasteiger partial charge in [-0.15, -0.1) is 11.3 Å². The van der Waals surface area contributed by atoms with E-state index in [0.717, 1.165) is 23.7 Å². The van der Waals surface area contributed by atoms with Gasteiger partial charge in [0.15, 0.2) is 0 Å². The lowest BCUT2D eigenvalue weighted by Crippen LogP contribution is -2.34. The standard InChI is InChI=1S/C13H22F3N3S/c1-3-5-17-7-12-18-11(9-20-12)8-19(6-4-2)10-13(14,15)16/h9,17H,3-8,10H2,1-2H3. The van der Waals surface area contributed by atoms with Crippen molar-refractivity contribution in [2.24, 2.45) is 0 Å². The summed E-state index contributed by atoms with van der Waals surface area (Å²) in [6, 6.07) is 0. The fraction of sp³-hybridized carbons (Fsp3) is 0.769. The van der Waals surface area contributed by atoms with Crippen molar-refractivity contribution < 1.29 is 13.2 Å². The summed E-state index contributed by atoms with van der Waals surface area (Å²) >= 11 is 1.50. The van der Waals surface area contributed by atoms with E-state index in [1.807, 2.05) is 12.3 Å². The van der Waals surface area contributed by atoms with E-state index in [2.05, 4.69) is 17.2 Å². The number of hydrogen-bond acceptors (Lipinski definition) is 4. The SMILES string of the molecule is CCCNCc1nc(CN(CCC)CC(F)(F)F)cs1. The fourth-order valence-corrected chi connectivity index (χ4v) is 2.64. The molecule has 0 spiro atoms. The van der Waals surface area contributed by atoms with Crippen LogP contribution in [0.25, 0.3) is 0 Å². The Morgan fingerprint density at radius 3 is 2.65 bits per heavy atom. The molecule has 1 aromatic rings. The van der Waals surface area contributed by atoms with Crippen molar-refractivity contribution in [2.75, 3.05) is 19.6 Å². The van der Waals surface area contributed by atoms with Gasteiger partial charge in [0.05, 0.1) is 12.2 Å². The van der Waals surface area contributed by atoms with E-state index in [1.165, 1.54) is 16.2 Å². The summed E-state index contributed by atoms with van der Waals surface area (Å²) in [5.41, 5.74) is 0.723. The third-order valence-electron chi connectivity index (χ3n) is 2.63. The zero-order valence-corrected chi connectivity index (χ0v) is 12.8. The number of halogens is 3. The first-order valence-corrected chi connectivity index (χ1v) is 7.75. The summed E-state index contributed by atoms with van der Waals surface area (Å²) in [6.45, 7) is 5.39. The predicted octanol–water partition coefficient (Wildman–Crippen LogP) is 3.42. The molecule has 0 atom stereocenters. The summed E-state index contributed by atoms with van der Waals surface area (Å²) < 4.78 is 37.4. The lowest BCUT2D eigenvalue weighted by Gasteiger charge is -2.21. The molecule has 116 valence electrons. The van der Waals surface area contributed by atoms with Gasteiger partial charge in [-0.1, -0.05) is 13.8 Å². The average Bonchev–Trinajstić information content (AvgIpc) is 2.75. The predicted molar refractivity (Wildman–Crippen MR) is 75.7 cm³/mol. The van der Waals surface area contributed by atoms with Crippen LogP contribution >= 0.6 is 11.3 Å². The number of thiazole rings is 1. The Balaban J connectivity index is 2.51. The zero-order valence-electron chi connectivity index (χ0n) is 12.0. The maximum absolute atomic E-state index is 12.5. The molecule has 1 N–H and O–H groups in total. The average molecular weight is 309 g/mol. The van der Waals surface area contributed by atoms with Gasteiger partial charge in [-0.3, -0.25) is 4.90 Å². The van der Waals surface area contributed by atoms with E-state index < -0.39 is 12.7 Å². The molecule has 0 aliphatic heterocycles. The molecule has 1 heterocycles. The van der Waals surface area contributed by atoms with Crippen molar-refractivity contribution in [3.05, 3.63) is 16.1 Å². The summed E-state index contributed by atoms with van der Waals surface area (Å²) in [5.74, 6) is 0. The Morgan fingerprint density at radius 1 is 1.30 bits per heavy atom. The number of alkyl halides is 3. The molecule has 3 nitrogen and oxygen atoms in total. The molecule has 7 heteroatoms. The van der Waals surface area contributed by atoms with Crippen molar-refractivity contribution in [1.82, 2.24) is 15.2 Å². The molecule has 0 unspecified atom stereocenters. The Bertz CT molecular complexity index is 379. The van der Waals surface area contributed by atoms with Crippen LogP contribution < -0.4 is 5.32 Å². The lowest BCUT2D eigenvalue weighted by molar-refractivity contribution is -0.147.